The lowest BCUT2D eigenvalue weighted by Crippen LogP contribution is -2.53. The van der Waals surface area contributed by atoms with Crippen LogP contribution in [0.15, 0.2) is 42.2 Å². The topological polar surface area (TPSA) is 54.3 Å². The lowest BCUT2D eigenvalue weighted by atomic mass is 9.88. The molecular formula is C23H27N5OS. The third kappa shape index (κ3) is 2.87. The maximum atomic E-state index is 13.3. The van der Waals surface area contributed by atoms with Crippen molar-refractivity contribution < 1.29 is 4.79 Å². The number of carbonyl (C=O) groups is 1. The van der Waals surface area contributed by atoms with Crippen LogP contribution in [-0.4, -0.2) is 45.0 Å². The normalized spacial score (nSPS) is 20.1. The summed E-state index contributed by atoms with van der Waals surface area (Å²) in [5, 5.41) is 0. The molecule has 1 saturated heterocycles. The fourth-order valence-corrected chi connectivity index (χ4v) is 5.64. The second-order valence-corrected chi connectivity index (χ2v) is 9.57. The average Bonchev–Trinajstić information content (AvgIpc) is 3.47. The monoisotopic (exact) mass is 421 g/mol. The van der Waals surface area contributed by atoms with E-state index < -0.39 is 0 Å². The number of carbonyl (C=O) groups excluding carboxylic acids is 1. The number of pyridine rings is 1. The molecule has 7 heteroatoms. The van der Waals surface area contributed by atoms with Gasteiger partial charge in [0.05, 0.1) is 22.6 Å². The van der Waals surface area contributed by atoms with E-state index in [1.165, 1.54) is 17.0 Å². The highest BCUT2D eigenvalue weighted by atomic mass is 32.1. The van der Waals surface area contributed by atoms with Crippen LogP contribution >= 0.6 is 11.3 Å². The van der Waals surface area contributed by atoms with E-state index in [1.54, 1.807) is 5.51 Å². The van der Waals surface area contributed by atoms with Gasteiger partial charge in [-0.2, -0.15) is 0 Å². The van der Waals surface area contributed by atoms with Gasteiger partial charge in [-0.1, -0.05) is 13.8 Å². The number of amides is 1. The van der Waals surface area contributed by atoms with Crippen molar-refractivity contribution in [3.05, 3.63) is 58.4 Å². The molecule has 2 aliphatic rings. The van der Waals surface area contributed by atoms with Crippen molar-refractivity contribution in [3.8, 4) is 5.82 Å². The van der Waals surface area contributed by atoms with Crippen molar-refractivity contribution in [1.82, 2.24) is 19.4 Å². The molecule has 0 N–H and O–H groups in total. The Hall–Kier alpha value is -2.67. The van der Waals surface area contributed by atoms with Crippen molar-refractivity contribution in [2.45, 2.75) is 39.2 Å². The minimum absolute atomic E-state index is 0.103. The van der Waals surface area contributed by atoms with Gasteiger partial charge in [-0.25, -0.2) is 9.97 Å². The average molecular weight is 422 g/mol. The predicted molar refractivity (Wildman–Crippen MR) is 119 cm³/mol. The highest BCUT2D eigenvalue weighted by molar-refractivity contribution is 7.11. The maximum Gasteiger partial charge on any atom is 0.265 e. The van der Waals surface area contributed by atoms with Crippen molar-refractivity contribution in [2.75, 3.05) is 24.5 Å². The summed E-state index contributed by atoms with van der Waals surface area (Å²) in [6.45, 7) is 8.82. The molecule has 6 nitrogen and oxygen atoms in total. The molecule has 0 saturated carbocycles. The van der Waals surface area contributed by atoms with Gasteiger partial charge in [0.2, 0.25) is 0 Å². The standard InChI is InChI=1S/C23H27N5OS/c1-16(2)8-12-28-18-6-4-10-24-21(18)27-11-5-7-19(27)23(28)9-13-26(14-23)22(29)20-17(3)25-15-30-20/h4-7,10-11,15-16H,8-9,12-14H2,1-3H3/t23-/m1/s1. The van der Waals surface area contributed by atoms with Crippen molar-refractivity contribution in [2.24, 2.45) is 5.92 Å². The summed E-state index contributed by atoms with van der Waals surface area (Å²) in [6.07, 6.45) is 5.96. The fourth-order valence-electron chi connectivity index (χ4n) is 4.87. The fraction of sp³-hybridized carbons (Fsp3) is 0.435. The van der Waals surface area contributed by atoms with Gasteiger partial charge >= 0.3 is 0 Å². The minimum atomic E-state index is -0.233. The van der Waals surface area contributed by atoms with Crippen LogP contribution in [-0.2, 0) is 5.54 Å². The first kappa shape index (κ1) is 19.3. The van der Waals surface area contributed by atoms with Gasteiger partial charge in [0.1, 0.15) is 10.4 Å². The number of nitrogens with zero attached hydrogens (tertiary/aromatic N) is 5. The zero-order valence-corrected chi connectivity index (χ0v) is 18.5. The molecule has 0 bridgehead atoms. The highest BCUT2D eigenvalue weighted by Gasteiger charge is 2.50. The Kier molecular flexibility index (Phi) is 4.65. The van der Waals surface area contributed by atoms with Gasteiger partial charge in [-0.15, -0.1) is 11.3 Å². The number of aryl methyl sites for hydroxylation is 1. The van der Waals surface area contributed by atoms with E-state index in [0.717, 1.165) is 48.0 Å². The maximum absolute atomic E-state index is 13.3. The summed E-state index contributed by atoms with van der Waals surface area (Å²) >= 11 is 1.44. The highest BCUT2D eigenvalue weighted by Crippen LogP contribution is 2.47. The van der Waals surface area contributed by atoms with E-state index in [0.29, 0.717) is 12.5 Å². The number of rotatable bonds is 4. The number of thiazole rings is 1. The smallest absolute Gasteiger partial charge is 0.265 e. The predicted octanol–water partition coefficient (Wildman–Crippen LogP) is 4.24. The summed E-state index contributed by atoms with van der Waals surface area (Å²) in [7, 11) is 0. The van der Waals surface area contributed by atoms with Crippen LogP contribution in [0.1, 0.15) is 47.7 Å². The Morgan fingerprint density at radius 1 is 1.27 bits per heavy atom. The number of hydrogen-bond donors (Lipinski definition) is 0. The van der Waals surface area contributed by atoms with E-state index in [2.05, 4.69) is 52.7 Å². The van der Waals surface area contributed by atoms with Gasteiger partial charge in [0.25, 0.3) is 5.91 Å². The lowest BCUT2D eigenvalue weighted by Gasteiger charge is -2.47. The molecule has 1 fully saturated rings. The number of anilines is 1. The van der Waals surface area contributed by atoms with Crippen LogP contribution in [0.2, 0.25) is 0 Å². The molecule has 3 aromatic rings. The number of fused-ring (bicyclic) bond motifs is 4. The minimum Gasteiger partial charge on any atom is -0.355 e. The first-order valence-corrected chi connectivity index (χ1v) is 11.5. The number of aromatic nitrogens is 3. The molecule has 1 amide bonds. The molecule has 5 rings (SSSR count). The lowest BCUT2D eigenvalue weighted by molar-refractivity contribution is 0.0785. The van der Waals surface area contributed by atoms with Gasteiger partial charge in [0, 0.05) is 32.0 Å². The molecule has 0 radical (unpaired) electrons. The molecule has 3 aromatic heterocycles. The summed E-state index contributed by atoms with van der Waals surface area (Å²) in [4.78, 5) is 27.6. The third-order valence-corrected chi connectivity index (χ3v) is 7.35. The molecule has 0 unspecified atom stereocenters. The van der Waals surface area contributed by atoms with E-state index in [9.17, 15) is 4.79 Å². The summed E-state index contributed by atoms with van der Waals surface area (Å²) in [6, 6.07) is 8.48. The van der Waals surface area contributed by atoms with Crippen LogP contribution in [0, 0.1) is 12.8 Å². The molecule has 156 valence electrons. The zero-order valence-electron chi connectivity index (χ0n) is 17.7. The van der Waals surface area contributed by atoms with Gasteiger partial charge in [-0.3, -0.25) is 4.79 Å². The first-order chi connectivity index (χ1) is 14.5. The van der Waals surface area contributed by atoms with E-state index >= 15 is 0 Å². The van der Waals surface area contributed by atoms with Crippen LogP contribution in [0.3, 0.4) is 0 Å². The number of hydrogen-bond acceptors (Lipinski definition) is 5. The van der Waals surface area contributed by atoms with E-state index in [-0.39, 0.29) is 11.4 Å². The van der Waals surface area contributed by atoms with E-state index in [1.807, 2.05) is 24.1 Å². The molecule has 5 heterocycles. The molecule has 1 atom stereocenters. The molecule has 30 heavy (non-hydrogen) atoms. The SMILES string of the molecule is Cc1ncsc1C(=O)N1CC[C@@]2(C1)c1cccn1-c1ncccc1N2CCC(C)C. The third-order valence-electron chi connectivity index (χ3n) is 6.43. The van der Waals surface area contributed by atoms with Gasteiger partial charge in [-0.05, 0) is 49.9 Å². The molecule has 0 aromatic carbocycles. The Bertz CT molecular complexity index is 1090. The van der Waals surface area contributed by atoms with Crippen LogP contribution in [0.25, 0.3) is 5.82 Å². The summed E-state index contributed by atoms with van der Waals surface area (Å²) < 4.78 is 2.22. The molecule has 0 aliphatic carbocycles. The second-order valence-electron chi connectivity index (χ2n) is 8.72. The Morgan fingerprint density at radius 2 is 2.13 bits per heavy atom. The van der Waals surface area contributed by atoms with Crippen LogP contribution in [0.4, 0.5) is 5.69 Å². The Morgan fingerprint density at radius 3 is 2.90 bits per heavy atom. The largest absolute Gasteiger partial charge is 0.355 e. The summed E-state index contributed by atoms with van der Waals surface area (Å²) in [5.41, 5.74) is 4.74. The molecule has 2 aliphatic heterocycles. The number of likely N-dealkylation sites (tertiary alicyclic amines) is 1. The van der Waals surface area contributed by atoms with Gasteiger partial charge < -0.3 is 14.4 Å². The van der Waals surface area contributed by atoms with Crippen LogP contribution < -0.4 is 4.90 Å². The molecule has 1 spiro atoms. The van der Waals surface area contributed by atoms with Crippen molar-refractivity contribution in [3.63, 3.8) is 0 Å². The second kappa shape index (κ2) is 7.23. The zero-order chi connectivity index (χ0) is 20.9. The summed E-state index contributed by atoms with van der Waals surface area (Å²) in [5.74, 6) is 1.69. The van der Waals surface area contributed by atoms with Crippen molar-refractivity contribution in [1.29, 1.82) is 0 Å². The van der Waals surface area contributed by atoms with E-state index in [4.69, 9.17) is 4.98 Å². The quantitative estimate of drug-likeness (QED) is 0.632. The first-order valence-electron chi connectivity index (χ1n) is 10.6. The van der Waals surface area contributed by atoms with Gasteiger partial charge in [0.15, 0.2) is 5.82 Å². The Labute approximate surface area is 181 Å². The van der Waals surface area contributed by atoms with Crippen molar-refractivity contribution >= 4 is 22.9 Å². The Balaban J connectivity index is 1.57. The molecular weight excluding hydrogens is 394 g/mol. The van der Waals surface area contributed by atoms with Crippen LogP contribution in [0.5, 0.6) is 0 Å².